The predicted molar refractivity (Wildman–Crippen MR) is 88.9 cm³/mol. The number of rotatable bonds is 2. The Balaban J connectivity index is 0.000000443. The van der Waals surface area contributed by atoms with Crippen LogP contribution in [0, 0.1) is 0 Å². The standard InChI is InChI=1S/2C6H4Cl2O3S.Hg/c2*7-4-1-2-6(5(8)3-4)12(9,10)11;/h2*1-3H,(H,9,10,11);/q;;+2/p-2. The van der Waals surface area contributed by atoms with Crippen LogP contribution in [0.1, 0.15) is 0 Å². The minimum Gasteiger partial charge on any atom is -0.744 e. The SMILES string of the molecule is O=S(=O)([O-])c1ccc(Cl)cc1Cl.O=S(=O)([O-])c1ccc(Cl)cc1Cl.[Hg+2]. The topological polar surface area (TPSA) is 114 Å². The second kappa shape index (κ2) is 10.1. The number of benzene rings is 2. The molecule has 0 fully saturated rings. The van der Waals surface area contributed by atoms with Crippen molar-refractivity contribution < 1.29 is 53.6 Å². The Bertz CT molecular complexity index is 884. The van der Waals surface area contributed by atoms with Gasteiger partial charge in [0, 0.05) is 10.0 Å². The minimum atomic E-state index is -4.49. The van der Waals surface area contributed by atoms with E-state index in [0.717, 1.165) is 12.1 Å². The maximum absolute atomic E-state index is 10.5. The third-order valence-electron chi connectivity index (χ3n) is 2.33. The van der Waals surface area contributed by atoms with Gasteiger partial charge in [-0.15, -0.1) is 0 Å². The molecule has 0 heterocycles. The van der Waals surface area contributed by atoms with Crippen LogP contribution in [0.25, 0.3) is 0 Å². The zero-order valence-corrected chi connectivity index (χ0v) is 22.1. The molecule has 25 heavy (non-hydrogen) atoms. The molecule has 132 valence electrons. The van der Waals surface area contributed by atoms with E-state index in [1.807, 2.05) is 0 Å². The van der Waals surface area contributed by atoms with Crippen molar-refractivity contribution in [2.45, 2.75) is 9.79 Å². The van der Waals surface area contributed by atoms with Gasteiger partial charge in [-0.2, -0.15) is 0 Å². The van der Waals surface area contributed by atoms with Gasteiger partial charge in [-0.3, -0.25) is 0 Å². The van der Waals surface area contributed by atoms with Gasteiger partial charge in [0.05, 0.1) is 19.8 Å². The second-order valence-electron chi connectivity index (χ2n) is 4.06. The molecule has 2 aromatic rings. The van der Waals surface area contributed by atoms with Crippen LogP contribution < -0.4 is 0 Å². The quantitative estimate of drug-likeness (QED) is 0.361. The molecule has 2 rings (SSSR count). The van der Waals surface area contributed by atoms with Crippen LogP contribution in [0.5, 0.6) is 0 Å². The fourth-order valence-electron chi connectivity index (χ4n) is 1.36. The molecular weight excluding hydrogens is 647 g/mol. The van der Waals surface area contributed by atoms with Crippen LogP contribution in [0.15, 0.2) is 46.2 Å². The molecule has 0 amide bonds. The molecule has 0 aliphatic heterocycles. The van der Waals surface area contributed by atoms with E-state index in [0.29, 0.717) is 0 Å². The Morgan fingerprint density at radius 2 is 0.920 bits per heavy atom. The van der Waals surface area contributed by atoms with Crippen LogP contribution >= 0.6 is 46.4 Å². The summed E-state index contributed by atoms with van der Waals surface area (Å²) in [6, 6.07) is 7.14. The van der Waals surface area contributed by atoms with Crippen molar-refractivity contribution in [1.29, 1.82) is 0 Å². The summed E-state index contributed by atoms with van der Waals surface area (Å²) >= 11 is 21.9. The van der Waals surface area contributed by atoms with Gasteiger partial charge in [0.15, 0.2) is 0 Å². The fourth-order valence-corrected chi connectivity index (χ4v) is 3.80. The molecule has 13 heteroatoms. The molecule has 0 spiro atoms. The molecule has 0 saturated carbocycles. The third-order valence-corrected chi connectivity index (χ3v) is 5.44. The van der Waals surface area contributed by atoms with Gasteiger partial charge in [0.1, 0.15) is 20.2 Å². The first-order chi connectivity index (χ1) is 10.8. The molecule has 6 nitrogen and oxygen atoms in total. The normalized spacial score (nSPS) is 11.1. The van der Waals surface area contributed by atoms with Gasteiger partial charge in [0.2, 0.25) is 0 Å². The Labute approximate surface area is 185 Å². The maximum atomic E-state index is 10.5. The van der Waals surface area contributed by atoms with E-state index in [2.05, 4.69) is 0 Å². The van der Waals surface area contributed by atoms with Crippen molar-refractivity contribution in [1.82, 2.24) is 0 Å². The number of hydrogen-bond acceptors (Lipinski definition) is 6. The van der Waals surface area contributed by atoms with Crippen LogP contribution in [-0.2, 0) is 47.9 Å². The molecule has 0 aromatic heterocycles. The summed E-state index contributed by atoms with van der Waals surface area (Å²) in [4.78, 5) is -0.901. The monoisotopic (exact) mass is 652 g/mol. The first-order valence-corrected chi connectivity index (χ1v) is 9.97. The maximum Gasteiger partial charge on any atom is 2.00 e. The molecule has 0 atom stereocenters. The van der Waals surface area contributed by atoms with Gasteiger partial charge in [0.25, 0.3) is 0 Å². The molecule has 0 radical (unpaired) electrons. The Morgan fingerprint density at radius 3 is 1.12 bits per heavy atom. The van der Waals surface area contributed by atoms with Crippen LogP contribution in [0.3, 0.4) is 0 Å². The van der Waals surface area contributed by atoms with E-state index in [1.54, 1.807) is 0 Å². The first-order valence-electron chi connectivity index (χ1n) is 5.64. The molecule has 0 unspecified atom stereocenters. The van der Waals surface area contributed by atoms with Gasteiger partial charge in [-0.25, -0.2) is 16.8 Å². The Kier molecular flexibility index (Phi) is 10.2. The predicted octanol–water partition coefficient (Wildman–Crippen LogP) is 3.79. The molecule has 0 saturated heterocycles. The largest absolute Gasteiger partial charge is 2.00 e. The van der Waals surface area contributed by atoms with E-state index >= 15 is 0 Å². The second-order valence-corrected chi connectivity index (χ2v) is 8.44. The van der Waals surface area contributed by atoms with Crippen molar-refractivity contribution >= 4 is 66.6 Å². The number of halogens is 4. The van der Waals surface area contributed by atoms with Crippen LogP contribution in [0.2, 0.25) is 20.1 Å². The van der Waals surface area contributed by atoms with E-state index in [-0.39, 0.29) is 47.8 Å². The molecule has 0 N–H and O–H groups in total. The van der Waals surface area contributed by atoms with E-state index < -0.39 is 30.0 Å². The zero-order valence-electron chi connectivity index (χ0n) is 11.9. The summed E-state index contributed by atoms with van der Waals surface area (Å²) in [5.41, 5.74) is 0. The van der Waals surface area contributed by atoms with E-state index in [1.165, 1.54) is 24.3 Å². The average Bonchev–Trinajstić information content (AvgIpc) is 2.35. The Hall–Kier alpha value is 0.355. The summed E-state index contributed by atoms with van der Waals surface area (Å²) in [5.74, 6) is 0. The smallest absolute Gasteiger partial charge is 0.744 e. The number of hydrogen-bond donors (Lipinski definition) is 0. The van der Waals surface area contributed by atoms with Gasteiger partial charge in [-0.05, 0) is 36.4 Å². The molecular formula is C12H6Cl4HgO6S2. The van der Waals surface area contributed by atoms with Gasteiger partial charge >= 0.3 is 27.7 Å². The van der Waals surface area contributed by atoms with Crippen molar-refractivity contribution in [2.24, 2.45) is 0 Å². The summed E-state index contributed by atoms with van der Waals surface area (Å²) in [5, 5.41) is 0.259. The summed E-state index contributed by atoms with van der Waals surface area (Å²) in [7, 11) is -8.98. The van der Waals surface area contributed by atoms with Crippen LogP contribution in [0.4, 0.5) is 0 Å². The van der Waals surface area contributed by atoms with Crippen LogP contribution in [-0.4, -0.2) is 25.9 Å². The molecule has 0 aliphatic carbocycles. The zero-order chi connectivity index (χ0) is 18.7. The van der Waals surface area contributed by atoms with Crippen molar-refractivity contribution in [3.8, 4) is 0 Å². The van der Waals surface area contributed by atoms with E-state index in [4.69, 9.17) is 46.4 Å². The van der Waals surface area contributed by atoms with Crippen molar-refractivity contribution in [2.75, 3.05) is 0 Å². The van der Waals surface area contributed by atoms with Crippen molar-refractivity contribution in [3.63, 3.8) is 0 Å². The summed E-state index contributed by atoms with van der Waals surface area (Å²) < 4.78 is 62.9. The van der Waals surface area contributed by atoms with Gasteiger partial charge in [-0.1, -0.05) is 46.4 Å². The molecule has 0 bridgehead atoms. The average molecular weight is 653 g/mol. The fraction of sp³-hybridized carbons (Fsp3) is 0. The summed E-state index contributed by atoms with van der Waals surface area (Å²) in [6.07, 6.45) is 0. The Morgan fingerprint density at radius 1 is 0.640 bits per heavy atom. The van der Waals surface area contributed by atoms with E-state index in [9.17, 15) is 25.9 Å². The minimum absolute atomic E-state index is 0. The van der Waals surface area contributed by atoms with Gasteiger partial charge < -0.3 is 9.11 Å². The molecule has 0 aliphatic rings. The van der Waals surface area contributed by atoms with Crippen molar-refractivity contribution in [3.05, 3.63) is 56.5 Å². The summed E-state index contributed by atoms with van der Waals surface area (Å²) in [6.45, 7) is 0. The first kappa shape index (κ1) is 25.4. The third kappa shape index (κ3) is 8.27. The molecule has 2 aromatic carbocycles.